The van der Waals surface area contributed by atoms with Crippen LogP contribution in [-0.2, 0) is 13.1 Å². The average molecular weight is 256 g/mol. The van der Waals surface area contributed by atoms with Crippen LogP contribution >= 0.6 is 0 Å². The van der Waals surface area contributed by atoms with Crippen LogP contribution < -0.4 is 10.9 Å². The molecule has 0 unspecified atom stereocenters. The number of pyridine rings is 1. The van der Waals surface area contributed by atoms with Crippen LogP contribution in [0.1, 0.15) is 23.6 Å². The molecule has 19 heavy (non-hydrogen) atoms. The molecule has 3 heteroatoms. The van der Waals surface area contributed by atoms with Crippen LogP contribution in [0.3, 0.4) is 0 Å². The molecule has 0 radical (unpaired) electrons. The van der Waals surface area contributed by atoms with Crippen molar-refractivity contribution in [1.29, 1.82) is 0 Å². The van der Waals surface area contributed by atoms with Crippen molar-refractivity contribution >= 4 is 5.69 Å². The summed E-state index contributed by atoms with van der Waals surface area (Å²) in [7, 11) is 0. The lowest BCUT2D eigenvalue weighted by atomic mass is 10.1. The Morgan fingerprint density at radius 3 is 2.68 bits per heavy atom. The SMILES string of the molecule is CCn1cc(NCc2cc(C)ccc2C)ccc1=O. The molecule has 0 saturated heterocycles. The van der Waals surface area contributed by atoms with Crippen LogP contribution in [0.5, 0.6) is 0 Å². The van der Waals surface area contributed by atoms with Gasteiger partial charge in [0.15, 0.2) is 0 Å². The normalized spacial score (nSPS) is 10.5. The molecule has 1 heterocycles. The number of anilines is 1. The van der Waals surface area contributed by atoms with Crippen molar-refractivity contribution in [3.8, 4) is 0 Å². The van der Waals surface area contributed by atoms with Crippen molar-refractivity contribution in [3.63, 3.8) is 0 Å². The van der Waals surface area contributed by atoms with Crippen molar-refractivity contribution in [2.24, 2.45) is 0 Å². The molecule has 0 amide bonds. The predicted octanol–water partition coefficient (Wildman–Crippen LogP) is 3.10. The number of hydrogen-bond acceptors (Lipinski definition) is 2. The van der Waals surface area contributed by atoms with E-state index in [4.69, 9.17) is 0 Å². The maximum Gasteiger partial charge on any atom is 0.250 e. The van der Waals surface area contributed by atoms with Gasteiger partial charge in [0.05, 0.1) is 5.69 Å². The smallest absolute Gasteiger partial charge is 0.250 e. The lowest BCUT2D eigenvalue weighted by Crippen LogP contribution is -2.17. The van der Waals surface area contributed by atoms with E-state index in [-0.39, 0.29) is 5.56 Å². The van der Waals surface area contributed by atoms with Gasteiger partial charge in [0, 0.05) is 25.4 Å². The summed E-state index contributed by atoms with van der Waals surface area (Å²) < 4.78 is 1.70. The highest BCUT2D eigenvalue weighted by Crippen LogP contribution is 2.13. The Morgan fingerprint density at radius 2 is 1.95 bits per heavy atom. The molecular weight excluding hydrogens is 236 g/mol. The molecular formula is C16H20N2O. The first-order valence-corrected chi connectivity index (χ1v) is 6.60. The third-order valence-electron chi connectivity index (χ3n) is 3.31. The molecule has 0 aliphatic carbocycles. The Morgan fingerprint density at radius 1 is 1.16 bits per heavy atom. The lowest BCUT2D eigenvalue weighted by Gasteiger charge is -2.11. The van der Waals surface area contributed by atoms with Gasteiger partial charge < -0.3 is 9.88 Å². The number of nitrogens with zero attached hydrogens (tertiary/aromatic N) is 1. The minimum absolute atomic E-state index is 0.0415. The molecule has 0 aliphatic rings. The van der Waals surface area contributed by atoms with E-state index >= 15 is 0 Å². The van der Waals surface area contributed by atoms with Gasteiger partial charge in [-0.25, -0.2) is 0 Å². The Balaban J connectivity index is 2.14. The van der Waals surface area contributed by atoms with Crippen LogP contribution in [0.25, 0.3) is 0 Å². The van der Waals surface area contributed by atoms with Crippen molar-refractivity contribution in [3.05, 3.63) is 63.6 Å². The number of benzene rings is 1. The van der Waals surface area contributed by atoms with E-state index in [2.05, 4.69) is 37.4 Å². The molecule has 0 bridgehead atoms. The first-order chi connectivity index (χ1) is 9.10. The van der Waals surface area contributed by atoms with Crippen molar-refractivity contribution in [2.75, 3.05) is 5.32 Å². The largest absolute Gasteiger partial charge is 0.380 e. The van der Waals surface area contributed by atoms with Gasteiger partial charge in [0.1, 0.15) is 0 Å². The van der Waals surface area contributed by atoms with Crippen LogP contribution in [0, 0.1) is 13.8 Å². The van der Waals surface area contributed by atoms with Crippen molar-refractivity contribution < 1.29 is 0 Å². The van der Waals surface area contributed by atoms with Gasteiger partial charge in [-0.15, -0.1) is 0 Å². The zero-order chi connectivity index (χ0) is 13.8. The maximum absolute atomic E-state index is 11.5. The third-order valence-corrected chi connectivity index (χ3v) is 3.31. The van der Waals surface area contributed by atoms with Crippen LogP contribution in [0.2, 0.25) is 0 Å². The highest BCUT2D eigenvalue weighted by atomic mass is 16.1. The minimum atomic E-state index is 0.0415. The first-order valence-electron chi connectivity index (χ1n) is 6.60. The number of aromatic nitrogens is 1. The van der Waals surface area contributed by atoms with Gasteiger partial charge in [-0.05, 0) is 38.0 Å². The fourth-order valence-electron chi connectivity index (χ4n) is 2.07. The van der Waals surface area contributed by atoms with Crippen molar-refractivity contribution in [2.45, 2.75) is 33.9 Å². The summed E-state index contributed by atoms with van der Waals surface area (Å²) in [5.74, 6) is 0. The second-order valence-corrected chi connectivity index (χ2v) is 4.83. The number of hydrogen-bond donors (Lipinski definition) is 1. The summed E-state index contributed by atoms with van der Waals surface area (Å²) in [6, 6.07) is 9.89. The second kappa shape index (κ2) is 5.74. The van der Waals surface area contributed by atoms with Crippen LogP contribution in [0.15, 0.2) is 41.3 Å². The first kappa shape index (κ1) is 13.4. The Bertz CT molecular complexity index is 629. The highest BCUT2D eigenvalue weighted by molar-refractivity contribution is 5.42. The standard InChI is InChI=1S/C16H20N2O/c1-4-18-11-15(7-8-16(18)19)17-10-14-9-12(2)5-6-13(14)3/h5-9,11,17H,4,10H2,1-3H3. The van der Waals surface area contributed by atoms with E-state index in [0.29, 0.717) is 6.54 Å². The summed E-state index contributed by atoms with van der Waals surface area (Å²) in [5, 5.41) is 3.37. The van der Waals surface area contributed by atoms with E-state index < -0.39 is 0 Å². The molecule has 1 N–H and O–H groups in total. The molecule has 2 aromatic rings. The van der Waals surface area contributed by atoms with Crippen molar-refractivity contribution in [1.82, 2.24) is 4.57 Å². The highest BCUT2D eigenvalue weighted by Gasteiger charge is 2.00. The molecule has 3 nitrogen and oxygen atoms in total. The molecule has 100 valence electrons. The third kappa shape index (κ3) is 3.25. The summed E-state index contributed by atoms with van der Waals surface area (Å²) >= 11 is 0. The monoisotopic (exact) mass is 256 g/mol. The Kier molecular flexibility index (Phi) is 4.05. The van der Waals surface area contributed by atoms with Gasteiger partial charge in [-0.2, -0.15) is 0 Å². The van der Waals surface area contributed by atoms with Gasteiger partial charge in [-0.1, -0.05) is 23.8 Å². The zero-order valence-electron chi connectivity index (χ0n) is 11.7. The van der Waals surface area contributed by atoms with Gasteiger partial charge in [-0.3, -0.25) is 4.79 Å². The van der Waals surface area contributed by atoms with E-state index in [9.17, 15) is 4.79 Å². The van der Waals surface area contributed by atoms with Gasteiger partial charge in [0.2, 0.25) is 0 Å². The van der Waals surface area contributed by atoms with E-state index in [0.717, 1.165) is 12.2 Å². The van der Waals surface area contributed by atoms with Gasteiger partial charge in [0.25, 0.3) is 5.56 Å². The number of aryl methyl sites for hydroxylation is 3. The Hall–Kier alpha value is -2.03. The van der Waals surface area contributed by atoms with E-state index in [1.54, 1.807) is 10.6 Å². The molecule has 0 atom stereocenters. The molecule has 0 fully saturated rings. The molecule has 0 saturated carbocycles. The van der Waals surface area contributed by atoms with Crippen LogP contribution in [-0.4, -0.2) is 4.57 Å². The second-order valence-electron chi connectivity index (χ2n) is 4.83. The minimum Gasteiger partial charge on any atom is -0.380 e. The summed E-state index contributed by atoms with van der Waals surface area (Å²) in [4.78, 5) is 11.5. The number of nitrogens with one attached hydrogen (secondary N) is 1. The molecule has 0 spiro atoms. The topological polar surface area (TPSA) is 34.0 Å². The summed E-state index contributed by atoms with van der Waals surface area (Å²) in [6.07, 6.45) is 1.87. The fraction of sp³-hybridized carbons (Fsp3) is 0.312. The van der Waals surface area contributed by atoms with E-state index in [1.165, 1.54) is 16.7 Å². The molecule has 0 aliphatic heterocycles. The average Bonchev–Trinajstić information content (AvgIpc) is 2.41. The molecule has 1 aromatic heterocycles. The maximum atomic E-state index is 11.5. The quantitative estimate of drug-likeness (QED) is 0.912. The Labute approximate surface area is 113 Å². The molecule has 1 aromatic carbocycles. The summed E-state index contributed by atoms with van der Waals surface area (Å²) in [5.41, 5.74) is 4.85. The zero-order valence-corrected chi connectivity index (χ0v) is 11.7. The summed E-state index contributed by atoms with van der Waals surface area (Å²) in [6.45, 7) is 7.65. The number of rotatable bonds is 4. The van der Waals surface area contributed by atoms with Crippen LogP contribution in [0.4, 0.5) is 5.69 Å². The van der Waals surface area contributed by atoms with E-state index in [1.807, 2.05) is 19.2 Å². The predicted molar refractivity (Wildman–Crippen MR) is 79.6 cm³/mol. The lowest BCUT2D eigenvalue weighted by molar-refractivity contribution is 0.727. The van der Waals surface area contributed by atoms with Gasteiger partial charge >= 0.3 is 0 Å². The fourth-order valence-corrected chi connectivity index (χ4v) is 2.07. The molecule has 2 rings (SSSR count).